The first-order chi connectivity index (χ1) is 8.54. The van der Waals surface area contributed by atoms with E-state index in [1.165, 1.54) is 18.2 Å². The Balaban J connectivity index is 2.47. The number of carbonyl (C=O) groups excluding carboxylic acids is 1. The van der Waals surface area contributed by atoms with Crippen LogP contribution in [0.25, 0.3) is 0 Å². The first kappa shape index (κ1) is 13.9. The SMILES string of the molecule is O=C(NCc1ccccc1F)NC(CO)C(=O)O. The standard InChI is InChI=1S/C11H13FN2O4/c12-8-4-2-1-3-7(8)5-13-11(18)14-9(6-15)10(16)17/h1-4,9,15H,5-6H2,(H,16,17)(H2,13,14,18). The van der Waals surface area contributed by atoms with Crippen LogP contribution in [-0.4, -0.2) is 34.9 Å². The summed E-state index contributed by atoms with van der Waals surface area (Å²) >= 11 is 0. The number of benzene rings is 1. The molecule has 0 heterocycles. The number of aliphatic carboxylic acids is 1. The highest BCUT2D eigenvalue weighted by molar-refractivity contribution is 5.82. The molecule has 0 radical (unpaired) electrons. The van der Waals surface area contributed by atoms with Crippen molar-refractivity contribution in [3.63, 3.8) is 0 Å². The molecule has 7 heteroatoms. The van der Waals surface area contributed by atoms with Gasteiger partial charge in [0.15, 0.2) is 6.04 Å². The van der Waals surface area contributed by atoms with Crippen LogP contribution in [0.1, 0.15) is 5.56 Å². The smallest absolute Gasteiger partial charge is 0.328 e. The number of hydrogen-bond acceptors (Lipinski definition) is 3. The number of hydrogen-bond donors (Lipinski definition) is 4. The third-order valence-electron chi connectivity index (χ3n) is 2.18. The van der Waals surface area contributed by atoms with Crippen molar-refractivity contribution in [3.05, 3.63) is 35.6 Å². The van der Waals surface area contributed by atoms with Gasteiger partial charge in [-0.05, 0) is 6.07 Å². The number of halogens is 1. The molecule has 0 aliphatic heterocycles. The van der Waals surface area contributed by atoms with Crippen LogP contribution in [0.4, 0.5) is 9.18 Å². The molecule has 0 aromatic heterocycles. The van der Waals surface area contributed by atoms with Crippen LogP contribution in [0.3, 0.4) is 0 Å². The second-order valence-corrected chi connectivity index (χ2v) is 3.49. The van der Waals surface area contributed by atoms with Crippen molar-refractivity contribution in [1.82, 2.24) is 10.6 Å². The van der Waals surface area contributed by atoms with Crippen LogP contribution >= 0.6 is 0 Å². The highest BCUT2D eigenvalue weighted by Crippen LogP contribution is 2.05. The molecule has 0 saturated carbocycles. The van der Waals surface area contributed by atoms with Crippen molar-refractivity contribution < 1.29 is 24.2 Å². The van der Waals surface area contributed by atoms with E-state index in [2.05, 4.69) is 5.32 Å². The number of aliphatic hydroxyl groups is 1. The summed E-state index contributed by atoms with van der Waals surface area (Å²) in [4.78, 5) is 21.8. The third kappa shape index (κ3) is 4.02. The summed E-state index contributed by atoms with van der Waals surface area (Å²) in [6.07, 6.45) is 0. The predicted molar refractivity (Wildman–Crippen MR) is 60.3 cm³/mol. The molecule has 1 aromatic carbocycles. The first-order valence-electron chi connectivity index (χ1n) is 5.16. The van der Waals surface area contributed by atoms with Gasteiger partial charge in [-0.1, -0.05) is 18.2 Å². The molecule has 1 atom stereocenters. The normalized spacial score (nSPS) is 11.7. The number of urea groups is 1. The summed E-state index contributed by atoms with van der Waals surface area (Å²) in [5.74, 6) is -1.81. The molecule has 2 amide bonds. The summed E-state index contributed by atoms with van der Waals surface area (Å²) in [5, 5.41) is 21.6. The van der Waals surface area contributed by atoms with E-state index in [1.54, 1.807) is 6.07 Å². The molecule has 0 spiro atoms. The Hall–Kier alpha value is -2.15. The summed E-state index contributed by atoms with van der Waals surface area (Å²) < 4.78 is 13.2. The number of aliphatic hydroxyl groups excluding tert-OH is 1. The predicted octanol–water partition coefficient (Wildman–Crippen LogP) is 0.0704. The Bertz CT molecular complexity index is 439. The molecule has 18 heavy (non-hydrogen) atoms. The molecule has 98 valence electrons. The fourth-order valence-corrected chi connectivity index (χ4v) is 1.21. The zero-order valence-corrected chi connectivity index (χ0v) is 9.39. The minimum Gasteiger partial charge on any atom is -0.480 e. The van der Waals surface area contributed by atoms with Crippen molar-refractivity contribution in [2.75, 3.05) is 6.61 Å². The first-order valence-corrected chi connectivity index (χ1v) is 5.16. The van der Waals surface area contributed by atoms with Crippen LogP contribution in [-0.2, 0) is 11.3 Å². The molecule has 0 aliphatic rings. The second kappa shape index (κ2) is 6.55. The molecule has 1 rings (SSSR count). The fourth-order valence-electron chi connectivity index (χ4n) is 1.21. The van der Waals surface area contributed by atoms with E-state index in [4.69, 9.17) is 10.2 Å². The lowest BCUT2D eigenvalue weighted by molar-refractivity contribution is -0.140. The van der Waals surface area contributed by atoms with Gasteiger partial charge in [-0.25, -0.2) is 14.0 Å². The Morgan fingerprint density at radius 2 is 2.00 bits per heavy atom. The quantitative estimate of drug-likeness (QED) is 0.599. The lowest BCUT2D eigenvalue weighted by atomic mass is 10.2. The van der Waals surface area contributed by atoms with E-state index in [9.17, 15) is 14.0 Å². The lowest BCUT2D eigenvalue weighted by Gasteiger charge is -2.12. The van der Waals surface area contributed by atoms with Gasteiger partial charge in [0.05, 0.1) is 6.61 Å². The van der Waals surface area contributed by atoms with Gasteiger partial charge >= 0.3 is 12.0 Å². The van der Waals surface area contributed by atoms with Crippen LogP contribution < -0.4 is 10.6 Å². The lowest BCUT2D eigenvalue weighted by Crippen LogP contribution is -2.47. The van der Waals surface area contributed by atoms with Crippen LogP contribution in [0, 0.1) is 5.82 Å². The maximum Gasteiger partial charge on any atom is 0.328 e. The van der Waals surface area contributed by atoms with E-state index >= 15 is 0 Å². The average molecular weight is 256 g/mol. The fraction of sp³-hybridized carbons (Fsp3) is 0.273. The molecular weight excluding hydrogens is 243 g/mol. The Kier molecular flexibility index (Phi) is 5.06. The zero-order valence-electron chi connectivity index (χ0n) is 9.39. The Morgan fingerprint density at radius 1 is 1.33 bits per heavy atom. The number of amides is 2. The molecule has 1 unspecified atom stereocenters. The monoisotopic (exact) mass is 256 g/mol. The maximum atomic E-state index is 13.2. The largest absolute Gasteiger partial charge is 0.480 e. The van der Waals surface area contributed by atoms with Crippen molar-refractivity contribution in [3.8, 4) is 0 Å². The van der Waals surface area contributed by atoms with Crippen LogP contribution in [0.5, 0.6) is 0 Å². The van der Waals surface area contributed by atoms with Gasteiger partial charge in [0, 0.05) is 12.1 Å². The summed E-state index contributed by atoms with van der Waals surface area (Å²) in [6, 6.07) is 3.71. The van der Waals surface area contributed by atoms with E-state index in [-0.39, 0.29) is 12.1 Å². The molecule has 0 fully saturated rings. The van der Waals surface area contributed by atoms with Gasteiger partial charge in [-0.2, -0.15) is 0 Å². The minimum atomic E-state index is -1.38. The highest BCUT2D eigenvalue weighted by atomic mass is 19.1. The molecule has 0 saturated heterocycles. The molecular formula is C11H13FN2O4. The molecule has 4 N–H and O–H groups in total. The van der Waals surface area contributed by atoms with Crippen molar-refractivity contribution in [1.29, 1.82) is 0 Å². The molecule has 1 aromatic rings. The minimum absolute atomic E-state index is 0.0731. The number of nitrogens with one attached hydrogen (secondary N) is 2. The van der Waals surface area contributed by atoms with Gasteiger partial charge in [0.2, 0.25) is 0 Å². The average Bonchev–Trinajstić information content (AvgIpc) is 2.34. The Morgan fingerprint density at radius 3 is 2.56 bits per heavy atom. The Labute approximate surface area is 102 Å². The van der Waals surface area contributed by atoms with E-state index in [0.717, 1.165) is 0 Å². The van der Waals surface area contributed by atoms with Crippen LogP contribution in [0.2, 0.25) is 0 Å². The molecule has 0 aliphatic carbocycles. The van der Waals surface area contributed by atoms with E-state index < -0.39 is 30.5 Å². The third-order valence-corrected chi connectivity index (χ3v) is 2.18. The number of carboxylic acid groups (broad SMARTS) is 1. The van der Waals surface area contributed by atoms with Gasteiger partial charge < -0.3 is 20.8 Å². The second-order valence-electron chi connectivity index (χ2n) is 3.49. The number of rotatable bonds is 5. The van der Waals surface area contributed by atoms with E-state index in [1.807, 2.05) is 5.32 Å². The van der Waals surface area contributed by atoms with Crippen molar-refractivity contribution in [2.45, 2.75) is 12.6 Å². The summed E-state index contributed by atoms with van der Waals surface area (Å²) in [6.45, 7) is -0.793. The maximum absolute atomic E-state index is 13.2. The van der Waals surface area contributed by atoms with Crippen LogP contribution in [0.15, 0.2) is 24.3 Å². The van der Waals surface area contributed by atoms with E-state index in [0.29, 0.717) is 0 Å². The summed E-state index contributed by atoms with van der Waals surface area (Å²) in [5.41, 5.74) is 0.281. The van der Waals surface area contributed by atoms with Gasteiger partial charge in [-0.3, -0.25) is 0 Å². The van der Waals surface area contributed by atoms with Crippen molar-refractivity contribution in [2.24, 2.45) is 0 Å². The highest BCUT2D eigenvalue weighted by Gasteiger charge is 2.18. The number of carbonyl (C=O) groups is 2. The van der Waals surface area contributed by atoms with Crippen molar-refractivity contribution >= 4 is 12.0 Å². The van der Waals surface area contributed by atoms with Gasteiger partial charge in [0.1, 0.15) is 5.82 Å². The van der Waals surface area contributed by atoms with Gasteiger partial charge in [-0.15, -0.1) is 0 Å². The zero-order chi connectivity index (χ0) is 13.5. The molecule has 6 nitrogen and oxygen atoms in total. The number of carboxylic acids is 1. The summed E-state index contributed by atoms with van der Waals surface area (Å²) in [7, 11) is 0. The van der Waals surface area contributed by atoms with Gasteiger partial charge in [0.25, 0.3) is 0 Å². The topological polar surface area (TPSA) is 98.7 Å². The molecule has 0 bridgehead atoms.